The standard InChI is InChI=1S/C18H25NO3/c1-4-5-6-7-10-19-16-9-8-13(2)11-15(16)18(22,17(19)21)12-14(3)20/h8-9,11,22H,4-7,10,12H2,1-3H3. The van der Waals surface area contributed by atoms with Crippen molar-refractivity contribution in [3.8, 4) is 0 Å². The maximum Gasteiger partial charge on any atom is 0.264 e. The van der Waals surface area contributed by atoms with Crippen LogP contribution in [0.1, 0.15) is 57.1 Å². The van der Waals surface area contributed by atoms with Crippen LogP contribution in [-0.2, 0) is 15.2 Å². The zero-order valence-electron chi connectivity index (χ0n) is 13.7. The van der Waals surface area contributed by atoms with E-state index in [1.54, 1.807) is 4.90 Å². The van der Waals surface area contributed by atoms with Crippen molar-refractivity contribution in [2.45, 2.75) is 58.5 Å². The molecule has 0 bridgehead atoms. The number of aliphatic hydroxyl groups is 1. The van der Waals surface area contributed by atoms with Gasteiger partial charge in [0.1, 0.15) is 5.78 Å². The first-order chi connectivity index (χ1) is 10.4. The normalized spacial score (nSPS) is 20.4. The Morgan fingerprint density at radius 1 is 1.27 bits per heavy atom. The van der Waals surface area contributed by atoms with Gasteiger partial charge in [0.2, 0.25) is 0 Å². The topological polar surface area (TPSA) is 57.6 Å². The average Bonchev–Trinajstić information content (AvgIpc) is 2.64. The second-order valence-electron chi connectivity index (χ2n) is 6.28. The summed E-state index contributed by atoms with van der Waals surface area (Å²) in [6, 6.07) is 5.63. The minimum atomic E-state index is -1.70. The number of nitrogens with zero attached hydrogens (tertiary/aromatic N) is 1. The van der Waals surface area contributed by atoms with Gasteiger partial charge in [0, 0.05) is 18.5 Å². The summed E-state index contributed by atoms with van der Waals surface area (Å²) in [6.45, 7) is 6.06. The molecule has 22 heavy (non-hydrogen) atoms. The van der Waals surface area contributed by atoms with Gasteiger partial charge in [0.05, 0.1) is 5.69 Å². The van der Waals surface area contributed by atoms with Crippen molar-refractivity contribution in [2.24, 2.45) is 0 Å². The highest BCUT2D eigenvalue weighted by Crippen LogP contribution is 2.43. The van der Waals surface area contributed by atoms with Crippen molar-refractivity contribution in [3.05, 3.63) is 29.3 Å². The van der Waals surface area contributed by atoms with Crippen molar-refractivity contribution in [1.29, 1.82) is 0 Å². The van der Waals surface area contributed by atoms with E-state index in [-0.39, 0.29) is 18.1 Å². The fourth-order valence-electron chi connectivity index (χ4n) is 3.11. The molecule has 0 fully saturated rings. The molecule has 1 unspecified atom stereocenters. The van der Waals surface area contributed by atoms with Gasteiger partial charge in [-0.05, 0) is 26.3 Å². The Bertz CT molecular complexity index is 582. The number of anilines is 1. The molecule has 1 amide bonds. The Labute approximate surface area is 132 Å². The predicted molar refractivity (Wildman–Crippen MR) is 86.9 cm³/mol. The number of benzene rings is 1. The lowest BCUT2D eigenvalue weighted by atomic mass is 9.89. The fourth-order valence-corrected chi connectivity index (χ4v) is 3.11. The summed E-state index contributed by atoms with van der Waals surface area (Å²) >= 11 is 0. The third-order valence-corrected chi connectivity index (χ3v) is 4.23. The lowest BCUT2D eigenvalue weighted by Crippen LogP contribution is -2.41. The quantitative estimate of drug-likeness (QED) is 0.788. The number of unbranched alkanes of at least 4 members (excludes halogenated alkanes) is 3. The first-order valence-electron chi connectivity index (χ1n) is 8.05. The minimum Gasteiger partial charge on any atom is -0.375 e. The summed E-state index contributed by atoms with van der Waals surface area (Å²) in [7, 11) is 0. The van der Waals surface area contributed by atoms with E-state index in [1.165, 1.54) is 6.92 Å². The highest BCUT2D eigenvalue weighted by molar-refractivity contribution is 6.08. The Morgan fingerprint density at radius 2 is 2.00 bits per heavy atom. The minimum absolute atomic E-state index is 0.159. The number of Topliss-reactive ketones (excluding diaryl/α,β-unsaturated/α-hetero) is 1. The molecule has 1 aromatic carbocycles. The van der Waals surface area contributed by atoms with E-state index in [1.807, 2.05) is 25.1 Å². The molecule has 1 heterocycles. The first-order valence-corrected chi connectivity index (χ1v) is 8.05. The van der Waals surface area contributed by atoms with Crippen LogP contribution in [0.2, 0.25) is 0 Å². The summed E-state index contributed by atoms with van der Waals surface area (Å²) < 4.78 is 0. The monoisotopic (exact) mass is 303 g/mol. The third-order valence-electron chi connectivity index (χ3n) is 4.23. The largest absolute Gasteiger partial charge is 0.375 e. The molecular weight excluding hydrogens is 278 g/mol. The maximum absolute atomic E-state index is 12.7. The molecule has 0 saturated heterocycles. The van der Waals surface area contributed by atoms with Gasteiger partial charge in [-0.15, -0.1) is 0 Å². The number of hydrogen-bond acceptors (Lipinski definition) is 3. The van der Waals surface area contributed by atoms with E-state index in [0.29, 0.717) is 12.1 Å². The lowest BCUT2D eigenvalue weighted by Gasteiger charge is -2.22. The predicted octanol–water partition coefficient (Wildman–Crippen LogP) is 3.09. The van der Waals surface area contributed by atoms with Crippen LogP contribution in [0.4, 0.5) is 5.69 Å². The zero-order valence-corrected chi connectivity index (χ0v) is 13.7. The van der Waals surface area contributed by atoms with Crippen LogP contribution in [0.3, 0.4) is 0 Å². The van der Waals surface area contributed by atoms with Crippen molar-refractivity contribution in [3.63, 3.8) is 0 Å². The maximum atomic E-state index is 12.7. The van der Waals surface area contributed by atoms with Crippen LogP contribution in [0.15, 0.2) is 18.2 Å². The van der Waals surface area contributed by atoms with Crippen LogP contribution >= 0.6 is 0 Å². The highest BCUT2D eigenvalue weighted by atomic mass is 16.3. The van der Waals surface area contributed by atoms with Gasteiger partial charge < -0.3 is 10.0 Å². The molecule has 0 aliphatic carbocycles. The van der Waals surface area contributed by atoms with Gasteiger partial charge in [-0.1, -0.05) is 43.9 Å². The van der Waals surface area contributed by atoms with Crippen LogP contribution in [0.25, 0.3) is 0 Å². The van der Waals surface area contributed by atoms with Crippen LogP contribution in [0.5, 0.6) is 0 Å². The van der Waals surface area contributed by atoms with Gasteiger partial charge in [-0.3, -0.25) is 9.59 Å². The molecule has 1 aliphatic rings. The number of carbonyl (C=O) groups excluding carboxylic acids is 2. The van der Waals surface area contributed by atoms with Crippen molar-refractivity contribution in [1.82, 2.24) is 0 Å². The van der Waals surface area contributed by atoms with Gasteiger partial charge in [-0.25, -0.2) is 0 Å². The number of amides is 1. The van der Waals surface area contributed by atoms with E-state index in [9.17, 15) is 14.7 Å². The number of rotatable bonds is 7. The Morgan fingerprint density at radius 3 is 2.64 bits per heavy atom. The Kier molecular flexibility index (Phi) is 5.01. The molecule has 1 N–H and O–H groups in total. The molecule has 120 valence electrons. The third kappa shape index (κ3) is 3.07. The molecule has 2 rings (SSSR count). The smallest absolute Gasteiger partial charge is 0.264 e. The van der Waals surface area contributed by atoms with Crippen LogP contribution in [-0.4, -0.2) is 23.3 Å². The summed E-state index contributed by atoms with van der Waals surface area (Å²) in [5.74, 6) is -0.545. The van der Waals surface area contributed by atoms with E-state index >= 15 is 0 Å². The average molecular weight is 303 g/mol. The number of carbonyl (C=O) groups is 2. The summed E-state index contributed by atoms with van der Waals surface area (Å²) in [6.07, 6.45) is 4.09. The molecule has 0 radical (unpaired) electrons. The molecular formula is C18H25NO3. The Balaban J connectivity index is 2.31. The second-order valence-corrected chi connectivity index (χ2v) is 6.28. The number of fused-ring (bicyclic) bond motifs is 1. The van der Waals surface area contributed by atoms with Crippen molar-refractivity contribution in [2.75, 3.05) is 11.4 Å². The van der Waals surface area contributed by atoms with Crippen molar-refractivity contribution >= 4 is 17.4 Å². The van der Waals surface area contributed by atoms with E-state index < -0.39 is 5.60 Å². The van der Waals surface area contributed by atoms with Crippen LogP contribution in [0, 0.1) is 6.92 Å². The molecule has 4 heteroatoms. The first kappa shape index (κ1) is 16.7. The number of hydrogen-bond donors (Lipinski definition) is 1. The fraction of sp³-hybridized carbons (Fsp3) is 0.556. The van der Waals surface area contributed by atoms with E-state index in [4.69, 9.17) is 0 Å². The summed E-state index contributed by atoms with van der Waals surface area (Å²) in [5.41, 5.74) is 0.596. The van der Waals surface area contributed by atoms with Gasteiger partial charge in [-0.2, -0.15) is 0 Å². The molecule has 1 atom stereocenters. The van der Waals surface area contributed by atoms with Gasteiger partial charge in [0.15, 0.2) is 5.60 Å². The molecule has 1 aromatic rings. The van der Waals surface area contributed by atoms with E-state index in [2.05, 4.69) is 6.92 Å². The molecule has 1 aliphatic heterocycles. The SMILES string of the molecule is CCCCCCN1C(=O)C(O)(CC(C)=O)c2cc(C)ccc21. The highest BCUT2D eigenvalue weighted by Gasteiger charge is 2.50. The van der Waals surface area contributed by atoms with Crippen molar-refractivity contribution < 1.29 is 14.7 Å². The second kappa shape index (κ2) is 6.61. The van der Waals surface area contributed by atoms with Gasteiger partial charge in [0.25, 0.3) is 5.91 Å². The lowest BCUT2D eigenvalue weighted by molar-refractivity contribution is -0.141. The molecule has 0 saturated carbocycles. The van der Waals surface area contributed by atoms with E-state index in [0.717, 1.165) is 36.9 Å². The zero-order chi connectivity index (χ0) is 16.3. The number of aryl methyl sites for hydroxylation is 1. The molecule has 0 spiro atoms. The molecule has 0 aromatic heterocycles. The molecule has 4 nitrogen and oxygen atoms in total. The summed E-state index contributed by atoms with van der Waals surface area (Å²) in [5, 5.41) is 10.9. The van der Waals surface area contributed by atoms with Crippen LogP contribution < -0.4 is 4.90 Å². The van der Waals surface area contributed by atoms with Gasteiger partial charge >= 0.3 is 0 Å². The Hall–Kier alpha value is -1.68. The summed E-state index contributed by atoms with van der Waals surface area (Å²) in [4.78, 5) is 25.9. The number of ketones is 1.